The number of ether oxygens (including phenoxy) is 1. The van der Waals surface area contributed by atoms with Gasteiger partial charge in [-0.3, -0.25) is 4.79 Å². The SMILES string of the molecule is CS(=O)(=O)c1cccc(C(=O)Nc2ccc(Oc3ccc(F)cc3F)cn2)c1. The van der Waals surface area contributed by atoms with Crippen molar-refractivity contribution >= 4 is 21.6 Å². The van der Waals surface area contributed by atoms with E-state index in [1.54, 1.807) is 0 Å². The van der Waals surface area contributed by atoms with Gasteiger partial charge < -0.3 is 10.1 Å². The maximum absolute atomic E-state index is 13.6. The van der Waals surface area contributed by atoms with Gasteiger partial charge in [0.25, 0.3) is 5.91 Å². The number of pyridine rings is 1. The monoisotopic (exact) mass is 404 g/mol. The van der Waals surface area contributed by atoms with Gasteiger partial charge in [0.1, 0.15) is 17.4 Å². The first-order valence-electron chi connectivity index (χ1n) is 7.93. The van der Waals surface area contributed by atoms with Crippen molar-refractivity contribution in [3.8, 4) is 11.5 Å². The molecule has 1 amide bonds. The smallest absolute Gasteiger partial charge is 0.256 e. The molecular formula is C19H14F2N2O4S. The van der Waals surface area contributed by atoms with Crippen molar-refractivity contribution < 1.29 is 26.7 Å². The minimum atomic E-state index is -3.44. The maximum atomic E-state index is 13.6. The van der Waals surface area contributed by atoms with Crippen molar-refractivity contribution in [2.75, 3.05) is 11.6 Å². The number of amides is 1. The molecule has 0 fully saturated rings. The third-order valence-electron chi connectivity index (χ3n) is 3.62. The van der Waals surface area contributed by atoms with E-state index in [9.17, 15) is 22.0 Å². The van der Waals surface area contributed by atoms with Gasteiger partial charge in [0.05, 0.1) is 11.1 Å². The molecule has 1 N–H and O–H groups in total. The average molecular weight is 404 g/mol. The van der Waals surface area contributed by atoms with Crippen LogP contribution in [-0.4, -0.2) is 25.6 Å². The molecule has 6 nitrogen and oxygen atoms in total. The Labute approximate surface area is 159 Å². The molecule has 0 saturated carbocycles. The van der Waals surface area contributed by atoms with Gasteiger partial charge in [-0.05, 0) is 42.5 Å². The summed E-state index contributed by atoms with van der Waals surface area (Å²) in [5.74, 6) is -1.93. The molecule has 1 aromatic heterocycles. The molecule has 0 atom stereocenters. The highest BCUT2D eigenvalue weighted by atomic mass is 32.2. The fourth-order valence-corrected chi connectivity index (χ4v) is 2.92. The summed E-state index contributed by atoms with van der Waals surface area (Å²) in [4.78, 5) is 16.3. The molecule has 0 spiro atoms. The summed E-state index contributed by atoms with van der Waals surface area (Å²) >= 11 is 0. The number of carbonyl (C=O) groups is 1. The van der Waals surface area contributed by atoms with Crippen molar-refractivity contribution in [2.24, 2.45) is 0 Å². The Kier molecular flexibility index (Phi) is 5.36. The van der Waals surface area contributed by atoms with Gasteiger partial charge in [0.2, 0.25) is 0 Å². The van der Waals surface area contributed by atoms with Crippen LogP contribution in [0, 0.1) is 11.6 Å². The zero-order valence-electron chi connectivity index (χ0n) is 14.5. The number of nitrogens with one attached hydrogen (secondary N) is 1. The van der Waals surface area contributed by atoms with Crippen LogP contribution in [-0.2, 0) is 9.84 Å². The molecule has 144 valence electrons. The number of benzene rings is 2. The number of aromatic nitrogens is 1. The van der Waals surface area contributed by atoms with E-state index in [0.29, 0.717) is 6.07 Å². The van der Waals surface area contributed by atoms with E-state index < -0.39 is 27.4 Å². The first-order chi connectivity index (χ1) is 13.2. The molecule has 0 aliphatic heterocycles. The Morgan fingerprint density at radius 2 is 1.86 bits per heavy atom. The minimum Gasteiger partial charge on any atom is -0.453 e. The number of hydrogen-bond acceptors (Lipinski definition) is 5. The second-order valence-electron chi connectivity index (χ2n) is 5.81. The first-order valence-corrected chi connectivity index (χ1v) is 9.82. The third-order valence-corrected chi connectivity index (χ3v) is 4.73. The highest BCUT2D eigenvalue weighted by molar-refractivity contribution is 7.90. The van der Waals surface area contributed by atoms with Crippen LogP contribution in [0.3, 0.4) is 0 Å². The summed E-state index contributed by atoms with van der Waals surface area (Å²) < 4.78 is 55.0. The number of sulfone groups is 1. The Morgan fingerprint density at radius 3 is 2.50 bits per heavy atom. The van der Waals surface area contributed by atoms with Crippen LogP contribution in [0.15, 0.2) is 65.7 Å². The van der Waals surface area contributed by atoms with E-state index in [0.717, 1.165) is 18.4 Å². The molecule has 2 aromatic carbocycles. The number of rotatable bonds is 5. The minimum absolute atomic E-state index is 0.0261. The van der Waals surface area contributed by atoms with Crippen molar-refractivity contribution in [3.05, 3.63) is 78.0 Å². The highest BCUT2D eigenvalue weighted by Crippen LogP contribution is 2.25. The van der Waals surface area contributed by atoms with E-state index in [-0.39, 0.29) is 27.8 Å². The van der Waals surface area contributed by atoms with Gasteiger partial charge in [-0.25, -0.2) is 22.2 Å². The Hall–Kier alpha value is -3.33. The molecular weight excluding hydrogens is 390 g/mol. The molecule has 9 heteroatoms. The molecule has 0 radical (unpaired) electrons. The van der Waals surface area contributed by atoms with Gasteiger partial charge in [0, 0.05) is 17.9 Å². The van der Waals surface area contributed by atoms with Gasteiger partial charge in [-0.1, -0.05) is 6.07 Å². The number of carbonyl (C=O) groups excluding carboxylic acids is 1. The van der Waals surface area contributed by atoms with Crippen LogP contribution in [0.2, 0.25) is 0 Å². The van der Waals surface area contributed by atoms with Gasteiger partial charge in [-0.2, -0.15) is 0 Å². The van der Waals surface area contributed by atoms with Crippen LogP contribution in [0.25, 0.3) is 0 Å². The Morgan fingerprint density at radius 1 is 1.07 bits per heavy atom. The summed E-state index contributed by atoms with van der Waals surface area (Å²) in [7, 11) is -3.44. The molecule has 3 aromatic rings. The lowest BCUT2D eigenvalue weighted by molar-refractivity contribution is 0.102. The van der Waals surface area contributed by atoms with Crippen LogP contribution < -0.4 is 10.1 Å². The normalized spacial score (nSPS) is 11.1. The fourth-order valence-electron chi connectivity index (χ4n) is 2.26. The van der Waals surface area contributed by atoms with Crippen LogP contribution >= 0.6 is 0 Å². The second-order valence-corrected chi connectivity index (χ2v) is 7.83. The van der Waals surface area contributed by atoms with Crippen molar-refractivity contribution in [2.45, 2.75) is 4.90 Å². The van der Waals surface area contributed by atoms with Crippen molar-refractivity contribution in [1.29, 1.82) is 0 Å². The van der Waals surface area contributed by atoms with Crippen LogP contribution in [0.1, 0.15) is 10.4 Å². The topological polar surface area (TPSA) is 85.4 Å². The third kappa shape index (κ3) is 4.68. The summed E-state index contributed by atoms with van der Waals surface area (Å²) in [6.07, 6.45) is 2.31. The quantitative estimate of drug-likeness (QED) is 0.699. The van der Waals surface area contributed by atoms with Crippen LogP contribution in [0.5, 0.6) is 11.5 Å². The van der Waals surface area contributed by atoms with Crippen molar-refractivity contribution in [1.82, 2.24) is 4.98 Å². The number of hydrogen-bond donors (Lipinski definition) is 1. The lowest BCUT2D eigenvalue weighted by atomic mass is 10.2. The van der Waals surface area contributed by atoms with E-state index >= 15 is 0 Å². The molecule has 0 aliphatic carbocycles. The lowest BCUT2D eigenvalue weighted by Crippen LogP contribution is -2.13. The van der Waals surface area contributed by atoms with E-state index in [1.165, 1.54) is 42.6 Å². The maximum Gasteiger partial charge on any atom is 0.256 e. The highest BCUT2D eigenvalue weighted by Gasteiger charge is 2.13. The van der Waals surface area contributed by atoms with Crippen LogP contribution in [0.4, 0.5) is 14.6 Å². The predicted octanol–water partition coefficient (Wildman–Crippen LogP) is 3.81. The van der Waals surface area contributed by atoms with Gasteiger partial charge >= 0.3 is 0 Å². The average Bonchev–Trinajstić information content (AvgIpc) is 2.65. The fraction of sp³-hybridized carbons (Fsp3) is 0.0526. The Bertz CT molecular complexity index is 1130. The zero-order chi connectivity index (χ0) is 20.3. The summed E-state index contributed by atoms with van der Waals surface area (Å²) in [5, 5.41) is 2.52. The second kappa shape index (κ2) is 7.73. The molecule has 1 heterocycles. The summed E-state index contributed by atoms with van der Waals surface area (Å²) in [6, 6.07) is 11.4. The van der Waals surface area contributed by atoms with Gasteiger partial charge in [0.15, 0.2) is 21.4 Å². The largest absolute Gasteiger partial charge is 0.453 e. The van der Waals surface area contributed by atoms with E-state index in [4.69, 9.17) is 4.74 Å². The molecule has 3 rings (SSSR count). The Balaban J connectivity index is 1.71. The molecule has 0 saturated heterocycles. The lowest BCUT2D eigenvalue weighted by Gasteiger charge is -2.08. The zero-order valence-corrected chi connectivity index (χ0v) is 15.3. The molecule has 0 aliphatic rings. The number of halogens is 2. The molecule has 0 unspecified atom stereocenters. The molecule has 0 bridgehead atoms. The number of nitrogens with zero attached hydrogens (tertiary/aromatic N) is 1. The standard InChI is InChI=1S/C19H14F2N2O4S/c1-28(25,26)15-4-2-3-12(9-15)19(24)23-18-8-6-14(11-22-18)27-17-7-5-13(20)10-16(17)21/h2-11H,1H3,(H,22,23,24). The summed E-state index contributed by atoms with van der Waals surface area (Å²) in [6.45, 7) is 0. The summed E-state index contributed by atoms with van der Waals surface area (Å²) in [5.41, 5.74) is 0.151. The molecule has 28 heavy (non-hydrogen) atoms. The van der Waals surface area contributed by atoms with E-state index in [2.05, 4.69) is 10.3 Å². The predicted molar refractivity (Wildman–Crippen MR) is 98.2 cm³/mol. The first kappa shape index (κ1) is 19.4. The van der Waals surface area contributed by atoms with Crippen molar-refractivity contribution in [3.63, 3.8) is 0 Å². The number of anilines is 1. The van der Waals surface area contributed by atoms with Gasteiger partial charge in [-0.15, -0.1) is 0 Å². The van der Waals surface area contributed by atoms with E-state index in [1.807, 2.05) is 0 Å².